The van der Waals surface area contributed by atoms with Crippen molar-refractivity contribution in [3.8, 4) is 0 Å². The van der Waals surface area contributed by atoms with E-state index in [1.165, 1.54) is 11.3 Å². The lowest BCUT2D eigenvalue weighted by Crippen LogP contribution is -2.43. The van der Waals surface area contributed by atoms with Gasteiger partial charge in [-0.1, -0.05) is 65.4 Å². The van der Waals surface area contributed by atoms with Gasteiger partial charge in [0.2, 0.25) is 0 Å². The number of carbonyl (C=O) groups excluding carboxylic acids is 2. The molecule has 168 valence electrons. The number of para-hydroxylation sites is 1. The molecular formula is C25H23ClN4O2S. The van der Waals surface area contributed by atoms with Gasteiger partial charge < -0.3 is 10.6 Å². The number of fused-ring (bicyclic) bond motifs is 1. The van der Waals surface area contributed by atoms with Crippen molar-refractivity contribution in [1.82, 2.24) is 10.3 Å². The van der Waals surface area contributed by atoms with Crippen LogP contribution in [0.3, 0.4) is 0 Å². The fourth-order valence-corrected chi connectivity index (χ4v) is 4.60. The van der Waals surface area contributed by atoms with Gasteiger partial charge >= 0.3 is 6.03 Å². The van der Waals surface area contributed by atoms with E-state index < -0.39 is 5.54 Å². The van der Waals surface area contributed by atoms with Crippen LogP contribution in [0, 0.1) is 6.92 Å². The molecule has 3 amide bonds. The summed E-state index contributed by atoms with van der Waals surface area (Å²) in [5.41, 5.74) is 3.09. The maximum Gasteiger partial charge on any atom is 0.321 e. The van der Waals surface area contributed by atoms with Crippen molar-refractivity contribution in [2.45, 2.75) is 26.3 Å². The second kappa shape index (κ2) is 9.21. The van der Waals surface area contributed by atoms with Crippen molar-refractivity contribution in [3.05, 3.63) is 88.4 Å². The first-order valence-electron chi connectivity index (χ1n) is 10.3. The smallest absolute Gasteiger partial charge is 0.321 e. The number of carbonyl (C=O) groups is 2. The molecule has 3 N–H and O–H groups in total. The first kappa shape index (κ1) is 22.8. The molecule has 0 radical (unpaired) electrons. The van der Waals surface area contributed by atoms with Gasteiger partial charge in [-0.15, -0.1) is 0 Å². The molecule has 6 nitrogen and oxygen atoms in total. The first-order valence-corrected chi connectivity index (χ1v) is 11.5. The van der Waals surface area contributed by atoms with Crippen molar-refractivity contribution in [3.63, 3.8) is 0 Å². The molecule has 1 aromatic heterocycles. The molecule has 0 unspecified atom stereocenters. The molecular weight excluding hydrogens is 456 g/mol. The molecule has 0 fully saturated rings. The molecule has 0 saturated carbocycles. The molecule has 0 saturated heterocycles. The highest BCUT2D eigenvalue weighted by Crippen LogP contribution is 2.29. The molecule has 33 heavy (non-hydrogen) atoms. The predicted octanol–water partition coefficient (Wildman–Crippen LogP) is 6.57. The number of anilines is 2. The standard InChI is InChI=1S/C25H23ClN4O2S/c1-15-8-7-11-18(26)21(15)28-22(31)16-12-13-19-20(14-16)33-24(27-19)29-23(32)30-25(2,3)17-9-5-4-6-10-17/h4-14H,1-3H3,(H,28,31)(H2,27,29,30,32). The van der Waals surface area contributed by atoms with E-state index >= 15 is 0 Å². The zero-order valence-electron chi connectivity index (χ0n) is 18.4. The van der Waals surface area contributed by atoms with E-state index in [1.807, 2.05) is 63.2 Å². The maximum atomic E-state index is 12.8. The molecule has 4 aromatic rings. The summed E-state index contributed by atoms with van der Waals surface area (Å²) >= 11 is 7.53. The molecule has 8 heteroatoms. The average Bonchev–Trinajstić information content (AvgIpc) is 3.17. The van der Waals surface area contributed by atoms with E-state index in [4.69, 9.17) is 11.6 Å². The minimum Gasteiger partial charge on any atom is -0.329 e. The monoisotopic (exact) mass is 478 g/mol. The molecule has 0 aliphatic carbocycles. The summed E-state index contributed by atoms with van der Waals surface area (Å²) in [6, 6.07) is 20.1. The number of urea groups is 1. The summed E-state index contributed by atoms with van der Waals surface area (Å²) < 4.78 is 0.788. The number of aromatic nitrogens is 1. The van der Waals surface area contributed by atoms with Crippen LogP contribution in [0.1, 0.15) is 35.3 Å². The summed E-state index contributed by atoms with van der Waals surface area (Å²) in [5, 5.41) is 9.58. The molecule has 0 atom stereocenters. The van der Waals surface area contributed by atoms with Gasteiger partial charge in [0.1, 0.15) is 0 Å². The SMILES string of the molecule is Cc1cccc(Cl)c1NC(=O)c1ccc2nc(NC(=O)NC(C)(C)c3ccccc3)sc2c1. The van der Waals surface area contributed by atoms with Crippen LogP contribution >= 0.6 is 22.9 Å². The molecule has 0 aliphatic heterocycles. The second-order valence-electron chi connectivity index (χ2n) is 8.16. The minimum absolute atomic E-state index is 0.265. The Hall–Kier alpha value is -3.42. The van der Waals surface area contributed by atoms with Crippen molar-refractivity contribution >= 4 is 55.9 Å². The van der Waals surface area contributed by atoms with Crippen LogP contribution in [0.4, 0.5) is 15.6 Å². The number of hydrogen-bond donors (Lipinski definition) is 3. The van der Waals surface area contributed by atoms with Crippen LogP contribution in [-0.2, 0) is 5.54 Å². The molecule has 0 spiro atoms. The summed E-state index contributed by atoms with van der Waals surface area (Å²) in [6.07, 6.45) is 0. The summed E-state index contributed by atoms with van der Waals surface area (Å²) in [6.45, 7) is 5.76. The molecule has 4 rings (SSSR count). The van der Waals surface area contributed by atoms with Crippen LogP contribution in [0.25, 0.3) is 10.2 Å². The predicted molar refractivity (Wildman–Crippen MR) is 135 cm³/mol. The van der Waals surface area contributed by atoms with E-state index in [1.54, 1.807) is 24.3 Å². The number of benzene rings is 3. The van der Waals surface area contributed by atoms with Gasteiger partial charge in [-0.25, -0.2) is 9.78 Å². The fraction of sp³-hybridized carbons (Fsp3) is 0.160. The van der Waals surface area contributed by atoms with E-state index in [2.05, 4.69) is 20.9 Å². The van der Waals surface area contributed by atoms with Gasteiger partial charge in [0.05, 0.1) is 26.5 Å². The van der Waals surface area contributed by atoms with Crippen molar-refractivity contribution in [1.29, 1.82) is 0 Å². The number of amides is 3. The highest BCUT2D eigenvalue weighted by Gasteiger charge is 2.23. The van der Waals surface area contributed by atoms with Crippen molar-refractivity contribution in [2.75, 3.05) is 10.6 Å². The Balaban J connectivity index is 1.48. The maximum absolute atomic E-state index is 12.8. The Bertz CT molecular complexity index is 1310. The third-order valence-electron chi connectivity index (χ3n) is 5.25. The summed E-state index contributed by atoms with van der Waals surface area (Å²) in [5.74, 6) is -0.265. The third-order valence-corrected chi connectivity index (χ3v) is 6.50. The Labute approximate surface area is 201 Å². The van der Waals surface area contributed by atoms with Crippen LogP contribution in [0.5, 0.6) is 0 Å². The first-order chi connectivity index (χ1) is 15.7. The van der Waals surface area contributed by atoms with Gasteiger partial charge in [0, 0.05) is 5.56 Å². The van der Waals surface area contributed by atoms with Gasteiger partial charge in [-0.05, 0) is 56.2 Å². The van der Waals surface area contributed by atoms with E-state index in [-0.39, 0.29) is 11.9 Å². The number of nitrogens with zero attached hydrogens (tertiary/aromatic N) is 1. The Kier molecular flexibility index (Phi) is 6.35. The second-order valence-corrected chi connectivity index (χ2v) is 9.60. The van der Waals surface area contributed by atoms with E-state index in [0.717, 1.165) is 15.8 Å². The van der Waals surface area contributed by atoms with E-state index in [0.29, 0.717) is 26.9 Å². The number of thiazole rings is 1. The fourth-order valence-electron chi connectivity index (χ4n) is 3.43. The third kappa shape index (κ3) is 5.16. The lowest BCUT2D eigenvalue weighted by Gasteiger charge is -2.26. The normalized spacial score (nSPS) is 11.3. The van der Waals surface area contributed by atoms with Crippen molar-refractivity contribution < 1.29 is 9.59 Å². The molecule has 0 aliphatic rings. The molecule has 1 heterocycles. The van der Waals surface area contributed by atoms with Crippen LogP contribution in [-0.4, -0.2) is 16.9 Å². The molecule has 0 bridgehead atoms. The van der Waals surface area contributed by atoms with Gasteiger partial charge in [0.15, 0.2) is 5.13 Å². The largest absolute Gasteiger partial charge is 0.329 e. The Morgan fingerprint density at radius 3 is 2.45 bits per heavy atom. The number of hydrogen-bond acceptors (Lipinski definition) is 4. The molecule has 3 aromatic carbocycles. The lowest BCUT2D eigenvalue weighted by molar-refractivity contribution is 0.102. The zero-order valence-corrected chi connectivity index (χ0v) is 20.0. The van der Waals surface area contributed by atoms with Crippen LogP contribution < -0.4 is 16.0 Å². The summed E-state index contributed by atoms with van der Waals surface area (Å²) in [7, 11) is 0. The average molecular weight is 479 g/mol. The topological polar surface area (TPSA) is 83.1 Å². The van der Waals surface area contributed by atoms with Crippen molar-refractivity contribution in [2.24, 2.45) is 0 Å². The Morgan fingerprint density at radius 2 is 1.73 bits per heavy atom. The van der Waals surface area contributed by atoms with Gasteiger partial charge in [-0.3, -0.25) is 10.1 Å². The quantitative estimate of drug-likeness (QED) is 0.303. The number of nitrogens with one attached hydrogen (secondary N) is 3. The number of rotatable bonds is 5. The summed E-state index contributed by atoms with van der Waals surface area (Å²) in [4.78, 5) is 29.8. The van der Waals surface area contributed by atoms with Gasteiger partial charge in [-0.2, -0.15) is 0 Å². The van der Waals surface area contributed by atoms with Crippen LogP contribution in [0.15, 0.2) is 66.7 Å². The minimum atomic E-state index is -0.551. The number of halogens is 1. The number of aryl methyl sites for hydroxylation is 1. The highest BCUT2D eigenvalue weighted by molar-refractivity contribution is 7.22. The van der Waals surface area contributed by atoms with E-state index in [9.17, 15) is 9.59 Å². The van der Waals surface area contributed by atoms with Gasteiger partial charge in [0.25, 0.3) is 5.91 Å². The Morgan fingerprint density at radius 1 is 0.970 bits per heavy atom. The zero-order chi connectivity index (χ0) is 23.6. The highest BCUT2D eigenvalue weighted by atomic mass is 35.5. The van der Waals surface area contributed by atoms with Crippen LogP contribution in [0.2, 0.25) is 5.02 Å². The lowest BCUT2D eigenvalue weighted by atomic mass is 9.95.